The van der Waals surface area contributed by atoms with Gasteiger partial charge >= 0.3 is 0 Å². The van der Waals surface area contributed by atoms with E-state index in [1.54, 1.807) is 6.07 Å². The first-order valence-corrected chi connectivity index (χ1v) is 8.99. The minimum atomic E-state index is -3.81. The second-order valence-electron chi connectivity index (χ2n) is 5.23. The molecule has 0 bridgehead atoms. The van der Waals surface area contributed by atoms with E-state index < -0.39 is 15.8 Å². The van der Waals surface area contributed by atoms with Gasteiger partial charge in [0.1, 0.15) is 5.82 Å². The molecule has 0 fully saturated rings. The summed E-state index contributed by atoms with van der Waals surface area (Å²) in [6.45, 7) is 7.74. The van der Waals surface area contributed by atoms with Crippen molar-refractivity contribution in [2.45, 2.75) is 25.7 Å². The Hall–Kier alpha value is -2.08. The maximum atomic E-state index is 13.2. The van der Waals surface area contributed by atoms with E-state index in [-0.39, 0.29) is 4.90 Å². The molecule has 2 rings (SSSR count). The number of hydrogen-bond donors (Lipinski definition) is 1. The van der Waals surface area contributed by atoms with Gasteiger partial charge in [0, 0.05) is 18.8 Å². The molecule has 4 nitrogen and oxygen atoms in total. The first kappa shape index (κ1) is 17.3. The summed E-state index contributed by atoms with van der Waals surface area (Å²) in [7, 11) is -3.81. The lowest BCUT2D eigenvalue weighted by Gasteiger charge is -2.22. The molecule has 0 aliphatic heterocycles. The standard InChI is InChI=1S/C17H21FN2O2S/c1-4-20(5-2)15-9-10-17(13(3)11-15)19-23(21,22)16-8-6-7-14(18)12-16/h6-12,19H,4-5H2,1-3H3. The number of nitrogens with one attached hydrogen (secondary N) is 1. The lowest BCUT2D eigenvalue weighted by atomic mass is 10.1. The van der Waals surface area contributed by atoms with Crippen LogP contribution < -0.4 is 9.62 Å². The molecule has 0 aliphatic rings. The van der Waals surface area contributed by atoms with Crippen molar-refractivity contribution in [2.75, 3.05) is 22.7 Å². The lowest BCUT2D eigenvalue weighted by molar-refractivity contribution is 0.595. The van der Waals surface area contributed by atoms with Crippen molar-refractivity contribution < 1.29 is 12.8 Å². The van der Waals surface area contributed by atoms with Crippen LogP contribution in [-0.4, -0.2) is 21.5 Å². The van der Waals surface area contributed by atoms with Gasteiger partial charge in [-0.25, -0.2) is 12.8 Å². The van der Waals surface area contributed by atoms with E-state index in [4.69, 9.17) is 0 Å². The van der Waals surface area contributed by atoms with Gasteiger partial charge in [0.15, 0.2) is 0 Å². The summed E-state index contributed by atoms with van der Waals surface area (Å²) in [4.78, 5) is 2.09. The molecule has 6 heteroatoms. The molecule has 0 radical (unpaired) electrons. The van der Waals surface area contributed by atoms with Gasteiger partial charge in [-0.3, -0.25) is 4.72 Å². The monoisotopic (exact) mass is 336 g/mol. The molecule has 0 atom stereocenters. The summed E-state index contributed by atoms with van der Waals surface area (Å²) in [5, 5.41) is 0. The molecule has 0 heterocycles. The molecule has 0 saturated heterocycles. The van der Waals surface area contributed by atoms with Crippen LogP contribution in [0.2, 0.25) is 0 Å². The topological polar surface area (TPSA) is 49.4 Å². The number of sulfonamides is 1. The van der Waals surface area contributed by atoms with Crippen molar-refractivity contribution in [3.63, 3.8) is 0 Å². The fourth-order valence-electron chi connectivity index (χ4n) is 2.39. The number of nitrogens with zero attached hydrogens (tertiary/aromatic N) is 1. The Morgan fingerprint density at radius 3 is 2.35 bits per heavy atom. The van der Waals surface area contributed by atoms with E-state index in [0.717, 1.165) is 30.4 Å². The molecule has 0 spiro atoms. The van der Waals surface area contributed by atoms with Gasteiger partial charge < -0.3 is 4.90 Å². The van der Waals surface area contributed by atoms with Crippen molar-refractivity contribution >= 4 is 21.4 Å². The zero-order valence-corrected chi connectivity index (χ0v) is 14.3. The molecule has 1 N–H and O–H groups in total. The Bertz CT molecular complexity index is 787. The highest BCUT2D eigenvalue weighted by molar-refractivity contribution is 7.92. The van der Waals surface area contributed by atoms with Gasteiger partial charge in [0.25, 0.3) is 10.0 Å². The molecule has 0 amide bonds. The van der Waals surface area contributed by atoms with Crippen LogP contribution in [0.15, 0.2) is 47.4 Å². The second kappa shape index (κ2) is 7.00. The van der Waals surface area contributed by atoms with E-state index in [1.165, 1.54) is 18.2 Å². The van der Waals surface area contributed by atoms with Crippen LogP contribution in [0.25, 0.3) is 0 Å². The summed E-state index contributed by atoms with van der Waals surface area (Å²) in [6.07, 6.45) is 0. The van der Waals surface area contributed by atoms with Crippen LogP contribution in [0.4, 0.5) is 15.8 Å². The van der Waals surface area contributed by atoms with Crippen molar-refractivity contribution in [1.29, 1.82) is 0 Å². The van der Waals surface area contributed by atoms with Crippen LogP contribution in [-0.2, 0) is 10.0 Å². The average molecular weight is 336 g/mol. The van der Waals surface area contributed by atoms with Crippen LogP contribution in [0, 0.1) is 12.7 Å². The summed E-state index contributed by atoms with van der Waals surface area (Å²) < 4.78 is 40.5. The predicted octanol–water partition coefficient (Wildman–Crippen LogP) is 3.78. The zero-order chi connectivity index (χ0) is 17.0. The van der Waals surface area contributed by atoms with E-state index in [0.29, 0.717) is 5.69 Å². The molecule has 0 aliphatic carbocycles. The lowest BCUT2D eigenvalue weighted by Crippen LogP contribution is -2.22. The first-order chi connectivity index (χ1) is 10.9. The highest BCUT2D eigenvalue weighted by atomic mass is 32.2. The van der Waals surface area contributed by atoms with Crippen LogP contribution in [0.3, 0.4) is 0 Å². The van der Waals surface area contributed by atoms with Crippen LogP contribution in [0.1, 0.15) is 19.4 Å². The largest absolute Gasteiger partial charge is 0.372 e. The minimum Gasteiger partial charge on any atom is -0.372 e. The highest BCUT2D eigenvalue weighted by Gasteiger charge is 2.16. The van der Waals surface area contributed by atoms with Gasteiger partial charge in [-0.05, 0) is 62.7 Å². The van der Waals surface area contributed by atoms with Crippen LogP contribution in [0.5, 0.6) is 0 Å². The summed E-state index contributed by atoms with van der Waals surface area (Å²) in [5.74, 6) is -0.582. The fraction of sp³-hybridized carbons (Fsp3) is 0.294. The van der Waals surface area contributed by atoms with Gasteiger partial charge in [-0.15, -0.1) is 0 Å². The maximum Gasteiger partial charge on any atom is 0.262 e. The summed E-state index contributed by atoms with van der Waals surface area (Å²) in [6, 6.07) is 10.5. The quantitative estimate of drug-likeness (QED) is 0.873. The number of hydrogen-bond acceptors (Lipinski definition) is 3. The number of benzene rings is 2. The van der Waals surface area contributed by atoms with Gasteiger partial charge in [0.05, 0.1) is 10.6 Å². The fourth-order valence-corrected chi connectivity index (χ4v) is 3.55. The van der Waals surface area contributed by atoms with Gasteiger partial charge in [-0.2, -0.15) is 0 Å². The third kappa shape index (κ3) is 4.01. The number of aryl methyl sites for hydroxylation is 1. The number of rotatable bonds is 6. The predicted molar refractivity (Wildman–Crippen MR) is 91.9 cm³/mol. The summed E-state index contributed by atoms with van der Waals surface area (Å²) >= 11 is 0. The van der Waals surface area contributed by atoms with Crippen LogP contribution >= 0.6 is 0 Å². The Labute approximate surface area is 137 Å². The average Bonchev–Trinajstić information content (AvgIpc) is 2.51. The second-order valence-corrected chi connectivity index (χ2v) is 6.92. The normalized spacial score (nSPS) is 11.3. The molecule has 2 aromatic carbocycles. The minimum absolute atomic E-state index is 0.0929. The van der Waals surface area contributed by atoms with Crippen molar-refractivity contribution in [3.05, 3.63) is 53.8 Å². The van der Waals surface area contributed by atoms with E-state index in [1.807, 2.05) is 19.1 Å². The Morgan fingerprint density at radius 2 is 1.78 bits per heavy atom. The Balaban J connectivity index is 2.30. The Kier molecular flexibility index (Phi) is 5.26. The van der Waals surface area contributed by atoms with Crippen molar-refractivity contribution in [3.8, 4) is 0 Å². The highest BCUT2D eigenvalue weighted by Crippen LogP contribution is 2.25. The molecular formula is C17H21FN2O2S. The smallest absolute Gasteiger partial charge is 0.262 e. The van der Waals surface area contributed by atoms with Gasteiger partial charge in [0.2, 0.25) is 0 Å². The first-order valence-electron chi connectivity index (χ1n) is 7.51. The van der Waals surface area contributed by atoms with E-state index in [2.05, 4.69) is 23.5 Å². The third-order valence-electron chi connectivity index (χ3n) is 3.69. The maximum absolute atomic E-state index is 13.2. The van der Waals surface area contributed by atoms with E-state index >= 15 is 0 Å². The molecule has 23 heavy (non-hydrogen) atoms. The number of halogens is 1. The SMILES string of the molecule is CCN(CC)c1ccc(NS(=O)(=O)c2cccc(F)c2)c(C)c1. The molecule has 2 aromatic rings. The van der Waals surface area contributed by atoms with Crippen molar-refractivity contribution in [2.24, 2.45) is 0 Å². The van der Waals surface area contributed by atoms with Crippen molar-refractivity contribution in [1.82, 2.24) is 0 Å². The Morgan fingerprint density at radius 1 is 1.09 bits per heavy atom. The molecule has 0 aromatic heterocycles. The third-order valence-corrected chi connectivity index (χ3v) is 5.05. The molecule has 0 unspecified atom stereocenters. The van der Waals surface area contributed by atoms with E-state index in [9.17, 15) is 12.8 Å². The molecule has 0 saturated carbocycles. The van der Waals surface area contributed by atoms with Gasteiger partial charge in [-0.1, -0.05) is 6.07 Å². The molecular weight excluding hydrogens is 315 g/mol. The summed E-state index contributed by atoms with van der Waals surface area (Å²) in [5.41, 5.74) is 2.35. The number of anilines is 2. The zero-order valence-electron chi connectivity index (χ0n) is 13.5. The molecule has 124 valence electrons.